The van der Waals surface area contributed by atoms with Crippen molar-refractivity contribution in [1.29, 1.82) is 0 Å². The van der Waals surface area contributed by atoms with Crippen LogP contribution in [-0.4, -0.2) is 10.7 Å². The number of rotatable bonds is 7. The summed E-state index contributed by atoms with van der Waals surface area (Å²) in [7, 11) is 0. The maximum Gasteiger partial charge on any atom is 0.107 e. The maximum atomic E-state index is 5.96. The molecule has 2 rings (SSSR count). The van der Waals surface area contributed by atoms with E-state index in [-0.39, 0.29) is 0 Å². The van der Waals surface area contributed by atoms with E-state index in [4.69, 9.17) is 18.0 Å². The Morgan fingerprint density at radius 2 is 2.14 bits per heavy atom. The van der Waals surface area contributed by atoms with Crippen molar-refractivity contribution in [3.05, 3.63) is 46.2 Å². The SMILES string of the molecule is CCSc1cccc(NC(CC)c2cccs2)c1C(N)=S. The molecule has 5 heteroatoms. The third-order valence-corrected chi connectivity index (χ3v) is 5.33. The van der Waals surface area contributed by atoms with E-state index in [0.717, 1.165) is 28.3 Å². The molecule has 2 nitrogen and oxygen atoms in total. The first-order chi connectivity index (χ1) is 10.2. The smallest absolute Gasteiger partial charge is 0.107 e. The minimum atomic E-state index is 0.292. The predicted octanol–water partition coefficient (Wildman–Crippen LogP) is 5.06. The normalized spacial score (nSPS) is 12.1. The van der Waals surface area contributed by atoms with E-state index in [1.165, 1.54) is 4.88 Å². The fourth-order valence-corrected chi connectivity index (χ4v) is 4.23. The van der Waals surface area contributed by atoms with Crippen LogP contribution < -0.4 is 11.1 Å². The van der Waals surface area contributed by atoms with E-state index >= 15 is 0 Å². The van der Waals surface area contributed by atoms with E-state index in [1.54, 1.807) is 23.1 Å². The molecular weight excluding hydrogens is 316 g/mol. The van der Waals surface area contributed by atoms with Crippen LogP contribution in [0.4, 0.5) is 5.69 Å². The Kier molecular flexibility index (Phi) is 6.08. The van der Waals surface area contributed by atoms with Gasteiger partial charge in [0.15, 0.2) is 0 Å². The lowest BCUT2D eigenvalue weighted by molar-refractivity contribution is 0.763. The van der Waals surface area contributed by atoms with Gasteiger partial charge < -0.3 is 11.1 Å². The summed E-state index contributed by atoms with van der Waals surface area (Å²) < 4.78 is 0. The lowest BCUT2D eigenvalue weighted by Gasteiger charge is -2.21. The zero-order chi connectivity index (χ0) is 15.2. The van der Waals surface area contributed by atoms with Gasteiger partial charge in [0.05, 0.1) is 6.04 Å². The van der Waals surface area contributed by atoms with Crippen molar-refractivity contribution in [2.24, 2.45) is 5.73 Å². The van der Waals surface area contributed by atoms with Crippen molar-refractivity contribution in [2.75, 3.05) is 11.1 Å². The molecule has 0 aliphatic rings. The lowest BCUT2D eigenvalue weighted by Crippen LogP contribution is -2.17. The summed E-state index contributed by atoms with van der Waals surface area (Å²) in [6, 6.07) is 10.7. The molecule has 1 aromatic heterocycles. The van der Waals surface area contributed by atoms with Crippen molar-refractivity contribution < 1.29 is 0 Å². The van der Waals surface area contributed by atoms with Gasteiger partial charge in [-0.15, -0.1) is 23.1 Å². The Labute approximate surface area is 140 Å². The van der Waals surface area contributed by atoms with Gasteiger partial charge in [-0.2, -0.15) is 0 Å². The van der Waals surface area contributed by atoms with E-state index in [2.05, 4.69) is 54.9 Å². The first-order valence-corrected chi connectivity index (χ1v) is 9.30. The standard InChI is InChI=1S/C16H20N2S3/c1-3-11(13-9-6-10-21-13)18-12-7-5-8-14(20-4-2)15(12)16(17)19/h5-11,18H,3-4H2,1-2H3,(H2,17,19). The van der Waals surface area contributed by atoms with Crippen molar-refractivity contribution >= 4 is 46.0 Å². The van der Waals surface area contributed by atoms with Crippen LogP contribution >= 0.6 is 35.3 Å². The zero-order valence-corrected chi connectivity index (χ0v) is 14.7. The molecule has 0 saturated carbocycles. The minimum Gasteiger partial charge on any atom is -0.389 e. The molecule has 0 aliphatic carbocycles. The number of anilines is 1. The fourth-order valence-electron chi connectivity index (χ4n) is 2.23. The Morgan fingerprint density at radius 3 is 2.71 bits per heavy atom. The number of thiophene rings is 1. The highest BCUT2D eigenvalue weighted by atomic mass is 32.2. The molecule has 0 fully saturated rings. The Bertz CT molecular complexity index is 594. The quantitative estimate of drug-likeness (QED) is 0.547. The Hall–Kier alpha value is -1.04. The Morgan fingerprint density at radius 1 is 1.33 bits per heavy atom. The van der Waals surface area contributed by atoms with Gasteiger partial charge in [0.2, 0.25) is 0 Å². The highest BCUT2D eigenvalue weighted by Crippen LogP contribution is 2.32. The number of thioether (sulfide) groups is 1. The van der Waals surface area contributed by atoms with E-state index in [0.29, 0.717) is 11.0 Å². The molecule has 1 unspecified atom stereocenters. The molecule has 0 radical (unpaired) electrons. The van der Waals surface area contributed by atoms with Crippen LogP contribution in [0, 0.1) is 0 Å². The molecular formula is C16H20N2S3. The van der Waals surface area contributed by atoms with Crippen molar-refractivity contribution in [3.8, 4) is 0 Å². The zero-order valence-electron chi connectivity index (χ0n) is 12.3. The molecule has 2 aromatic rings. The topological polar surface area (TPSA) is 38.0 Å². The number of thiocarbonyl (C=S) groups is 1. The highest BCUT2D eigenvalue weighted by Gasteiger charge is 2.16. The first-order valence-electron chi connectivity index (χ1n) is 7.02. The van der Waals surface area contributed by atoms with Gasteiger partial charge in [-0.1, -0.05) is 38.2 Å². The first kappa shape index (κ1) is 16.3. The molecule has 112 valence electrons. The summed E-state index contributed by atoms with van der Waals surface area (Å²) >= 11 is 8.81. The van der Waals surface area contributed by atoms with Crippen molar-refractivity contribution in [1.82, 2.24) is 0 Å². The summed E-state index contributed by atoms with van der Waals surface area (Å²) in [4.78, 5) is 2.94. The minimum absolute atomic E-state index is 0.292. The van der Waals surface area contributed by atoms with Crippen LogP contribution in [0.1, 0.15) is 36.8 Å². The van der Waals surface area contributed by atoms with Gasteiger partial charge in [0, 0.05) is 21.0 Å². The average molecular weight is 337 g/mol. The fraction of sp³-hybridized carbons (Fsp3) is 0.312. The van der Waals surface area contributed by atoms with Crippen LogP contribution in [0.3, 0.4) is 0 Å². The van der Waals surface area contributed by atoms with E-state index in [9.17, 15) is 0 Å². The summed E-state index contributed by atoms with van der Waals surface area (Å²) in [6.45, 7) is 4.32. The van der Waals surface area contributed by atoms with E-state index in [1.807, 2.05) is 0 Å². The molecule has 1 aromatic carbocycles. The molecule has 0 saturated heterocycles. The largest absolute Gasteiger partial charge is 0.389 e. The summed E-state index contributed by atoms with van der Waals surface area (Å²) in [5.74, 6) is 1.00. The van der Waals surface area contributed by atoms with Crippen molar-refractivity contribution in [2.45, 2.75) is 31.2 Å². The van der Waals surface area contributed by atoms with Crippen molar-refractivity contribution in [3.63, 3.8) is 0 Å². The van der Waals surface area contributed by atoms with Crippen LogP contribution in [0.25, 0.3) is 0 Å². The molecule has 0 amide bonds. The number of hydrogen-bond acceptors (Lipinski definition) is 4. The number of nitrogens with one attached hydrogen (secondary N) is 1. The maximum absolute atomic E-state index is 5.96. The molecule has 3 N–H and O–H groups in total. The van der Waals surface area contributed by atoms with Crippen LogP contribution in [0.2, 0.25) is 0 Å². The van der Waals surface area contributed by atoms with Gasteiger partial charge in [-0.25, -0.2) is 0 Å². The second-order valence-corrected chi connectivity index (χ2v) is 7.32. The summed E-state index contributed by atoms with van der Waals surface area (Å²) in [5, 5.41) is 5.72. The number of hydrogen-bond donors (Lipinski definition) is 2. The van der Waals surface area contributed by atoms with Gasteiger partial charge >= 0.3 is 0 Å². The summed E-state index contributed by atoms with van der Waals surface area (Å²) in [5.41, 5.74) is 7.96. The average Bonchev–Trinajstić information content (AvgIpc) is 2.99. The van der Waals surface area contributed by atoms with Gasteiger partial charge in [0.1, 0.15) is 4.99 Å². The lowest BCUT2D eigenvalue weighted by atomic mass is 10.1. The summed E-state index contributed by atoms with van der Waals surface area (Å²) in [6.07, 6.45) is 1.02. The second-order valence-electron chi connectivity index (χ2n) is 4.60. The monoisotopic (exact) mass is 336 g/mol. The third-order valence-electron chi connectivity index (χ3n) is 3.20. The van der Waals surface area contributed by atoms with Crippen LogP contribution in [0.5, 0.6) is 0 Å². The molecule has 0 spiro atoms. The molecule has 1 atom stereocenters. The molecule has 1 heterocycles. The Balaban J connectivity index is 2.34. The van der Waals surface area contributed by atoms with Gasteiger partial charge in [0.25, 0.3) is 0 Å². The van der Waals surface area contributed by atoms with Crippen LogP contribution in [-0.2, 0) is 0 Å². The highest BCUT2D eigenvalue weighted by molar-refractivity contribution is 7.99. The molecule has 0 aliphatic heterocycles. The van der Waals surface area contributed by atoms with E-state index < -0.39 is 0 Å². The second kappa shape index (κ2) is 7.82. The third kappa shape index (κ3) is 3.99. The molecule has 21 heavy (non-hydrogen) atoms. The number of benzene rings is 1. The van der Waals surface area contributed by atoms with Gasteiger partial charge in [-0.05, 0) is 35.8 Å². The van der Waals surface area contributed by atoms with Gasteiger partial charge in [-0.3, -0.25) is 0 Å². The predicted molar refractivity (Wildman–Crippen MR) is 99.7 cm³/mol. The molecule has 0 bridgehead atoms. The number of nitrogens with two attached hydrogens (primary N) is 1. The van der Waals surface area contributed by atoms with Crippen LogP contribution in [0.15, 0.2) is 40.6 Å².